The first-order valence-corrected chi connectivity index (χ1v) is 5.38. The number of Topliss-reactive ketones (excluding diaryl/α,β-unsaturated/α-hetero) is 1. The molecule has 0 atom stereocenters. The van der Waals surface area contributed by atoms with Crippen LogP contribution >= 0.6 is 0 Å². The number of carbonyl (C=O) groups is 1. The zero-order chi connectivity index (χ0) is 11.1. The van der Waals surface area contributed by atoms with Gasteiger partial charge in [0, 0.05) is 12.0 Å². The lowest BCUT2D eigenvalue weighted by molar-refractivity contribution is 0.0976. The smallest absolute Gasteiger partial charge is 0.408 e. The molecule has 0 amide bonds. The Kier molecular flexibility index (Phi) is 1.96. The fourth-order valence-corrected chi connectivity index (χ4v) is 1.82. The van der Waals surface area contributed by atoms with Crippen LogP contribution in [0.5, 0.6) is 0 Å². The van der Waals surface area contributed by atoms with Crippen molar-refractivity contribution in [2.75, 3.05) is 0 Å². The van der Waals surface area contributed by atoms with Crippen LogP contribution in [0.25, 0.3) is 11.1 Å². The number of hydrogen-bond acceptors (Lipinski definition) is 3. The van der Waals surface area contributed by atoms with Crippen LogP contribution in [0, 0.1) is 5.92 Å². The molecular weight excluding hydrogens is 206 g/mol. The summed E-state index contributed by atoms with van der Waals surface area (Å²) in [5.74, 6) is 0.219. The van der Waals surface area contributed by atoms with Crippen LogP contribution in [0.1, 0.15) is 29.6 Å². The zero-order valence-electron chi connectivity index (χ0n) is 8.66. The number of hydrogen-bond donors (Lipinski definition) is 1. The molecule has 0 saturated heterocycles. The van der Waals surface area contributed by atoms with Crippen LogP contribution < -0.4 is 5.76 Å². The summed E-state index contributed by atoms with van der Waals surface area (Å²) < 4.78 is 4.92. The van der Waals surface area contributed by atoms with Crippen molar-refractivity contribution in [3.05, 3.63) is 34.3 Å². The number of fused-ring (bicyclic) bond motifs is 1. The van der Waals surface area contributed by atoms with Gasteiger partial charge in [0.15, 0.2) is 11.4 Å². The lowest BCUT2D eigenvalue weighted by Gasteiger charge is -1.98. The summed E-state index contributed by atoms with van der Waals surface area (Å²) in [6, 6.07) is 5.08. The van der Waals surface area contributed by atoms with Crippen molar-refractivity contribution in [2.24, 2.45) is 5.92 Å². The predicted molar refractivity (Wildman–Crippen MR) is 58.5 cm³/mol. The molecular formula is C12H11NO3. The maximum Gasteiger partial charge on any atom is 0.417 e. The normalized spacial score (nSPS) is 15.5. The summed E-state index contributed by atoms with van der Waals surface area (Å²) in [5, 5.41) is 0. The van der Waals surface area contributed by atoms with Crippen LogP contribution in [-0.2, 0) is 0 Å². The van der Waals surface area contributed by atoms with Gasteiger partial charge in [0.1, 0.15) is 0 Å². The van der Waals surface area contributed by atoms with Crippen LogP contribution in [0.15, 0.2) is 27.4 Å². The summed E-state index contributed by atoms with van der Waals surface area (Å²) in [4.78, 5) is 25.3. The van der Waals surface area contributed by atoms with Crippen molar-refractivity contribution in [2.45, 2.75) is 19.3 Å². The number of rotatable bonds is 3. The standard InChI is InChI=1S/C12H11NO3/c14-10(5-7-1-2-7)8-3-4-9-11(6-8)16-12(15)13-9/h3-4,6-7H,1-2,5H2,(H,13,15). The van der Waals surface area contributed by atoms with Crippen molar-refractivity contribution < 1.29 is 9.21 Å². The third-order valence-electron chi connectivity index (χ3n) is 2.91. The van der Waals surface area contributed by atoms with Crippen molar-refractivity contribution in [1.29, 1.82) is 0 Å². The number of aromatic amines is 1. The molecule has 2 aromatic rings. The molecule has 1 aliphatic rings. The molecule has 1 heterocycles. The minimum absolute atomic E-state index is 0.133. The highest BCUT2D eigenvalue weighted by Gasteiger charge is 2.25. The van der Waals surface area contributed by atoms with Crippen LogP contribution in [0.4, 0.5) is 0 Å². The predicted octanol–water partition coefficient (Wildman–Crippen LogP) is 2.10. The molecule has 0 aliphatic heterocycles. The SMILES string of the molecule is O=C(CC1CC1)c1ccc2[nH]c(=O)oc2c1. The third kappa shape index (κ3) is 1.66. The van der Waals surface area contributed by atoms with Gasteiger partial charge < -0.3 is 4.42 Å². The summed E-state index contributed by atoms with van der Waals surface area (Å²) in [7, 11) is 0. The van der Waals surface area contributed by atoms with Crippen molar-refractivity contribution in [3.8, 4) is 0 Å². The molecule has 1 aromatic heterocycles. The van der Waals surface area contributed by atoms with E-state index in [2.05, 4.69) is 4.98 Å². The molecule has 16 heavy (non-hydrogen) atoms. The van der Waals surface area contributed by atoms with Gasteiger partial charge in [-0.3, -0.25) is 9.78 Å². The molecule has 1 aromatic carbocycles. The molecule has 0 bridgehead atoms. The molecule has 1 saturated carbocycles. The van der Waals surface area contributed by atoms with Gasteiger partial charge in [0.2, 0.25) is 0 Å². The van der Waals surface area contributed by atoms with Gasteiger partial charge in [0.25, 0.3) is 0 Å². The first kappa shape index (κ1) is 9.39. The quantitative estimate of drug-likeness (QED) is 0.801. The van der Waals surface area contributed by atoms with E-state index < -0.39 is 5.76 Å². The molecule has 0 unspecified atom stereocenters. The number of nitrogens with one attached hydrogen (secondary N) is 1. The summed E-state index contributed by atoms with van der Waals surface area (Å²) in [5.41, 5.74) is 1.71. The second-order valence-corrected chi connectivity index (χ2v) is 4.30. The van der Waals surface area contributed by atoms with Gasteiger partial charge >= 0.3 is 5.76 Å². The Morgan fingerprint density at radius 2 is 2.25 bits per heavy atom. The Balaban J connectivity index is 1.96. The highest BCUT2D eigenvalue weighted by molar-refractivity contribution is 5.98. The number of carbonyl (C=O) groups excluding carboxylic acids is 1. The van der Waals surface area contributed by atoms with Crippen molar-refractivity contribution in [1.82, 2.24) is 4.98 Å². The number of benzene rings is 1. The largest absolute Gasteiger partial charge is 0.417 e. The first-order chi connectivity index (χ1) is 7.72. The minimum atomic E-state index is -0.484. The summed E-state index contributed by atoms with van der Waals surface area (Å²) in [6.07, 6.45) is 2.93. The van der Waals surface area contributed by atoms with E-state index in [1.54, 1.807) is 18.2 Å². The monoisotopic (exact) mass is 217 g/mol. The minimum Gasteiger partial charge on any atom is -0.408 e. The molecule has 1 N–H and O–H groups in total. The number of aromatic nitrogens is 1. The maximum absolute atomic E-state index is 11.8. The van der Waals surface area contributed by atoms with Crippen LogP contribution in [0.2, 0.25) is 0 Å². The average molecular weight is 217 g/mol. The summed E-state index contributed by atoms with van der Waals surface area (Å²) in [6.45, 7) is 0. The van der Waals surface area contributed by atoms with E-state index in [-0.39, 0.29) is 5.78 Å². The van der Waals surface area contributed by atoms with Crippen molar-refractivity contribution >= 4 is 16.9 Å². The third-order valence-corrected chi connectivity index (χ3v) is 2.91. The Bertz CT molecular complexity index is 604. The van der Waals surface area contributed by atoms with E-state index in [1.807, 2.05) is 0 Å². The van der Waals surface area contributed by atoms with Gasteiger partial charge in [-0.2, -0.15) is 0 Å². The Labute approximate surface area is 91.3 Å². The highest BCUT2D eigenvalue weighted by atomic mass is 16.4. The number of H-pyrrole nitrogens is 1. The van der Waals surface area contributed by atoms with Gasteiger partial charge in [-0.15, -0.1) is 0 Å². The Morgan fingerprint density at radius 3 is 3.00 bits per heavy atom. The van der Waals surface area contributed by atoms with E-state index in [0.717, 1.165) is 12.8 Å². The summed E-state index contributed by atoms with van der Waals surface area (Å²) >= 11 is 0. The number of oxazole rings is 1. The van der Waals surface area contributed by atoms with E-state index >= 15 is 0 Å². The van der Waals surface area contributed by atoms with Gasteiger partial charge in [-0.05, 0) is 37.0 Å². The average Bonchev–Trinajstić information content (AvgIpc) is 2.96. The van der Waals surface area contributed by atoms with E-state index in [1.165, 1.54) is 0 Å². The molecule has 82 valence electrons. The number of ketones is 1. The molecule has 4 nitrogen and oxygen atoms in total. The van der Waals surface area contributed by atoms with Gasteiger partial charge in [0.05, 0.1) is 5.52 Å². The highest BCUT2D eigenvalue weighted by Crippen LogP contribution is 2.33. The van der Waals surface area contributed by atoms with Gasteiger partial charge in [-0.25, -0.2) is 4.79 Å². The zero-order valence-corrected chi connectivity index (χ0v) is 8.66. The second-order valence-electron chi connectivity index (χ2n) is 4.30. The van der Waals surface area contributed by atoms with Crippen LogP contribution in [0.3, 0.4) is 0 Å². The van der Waals surface area contributed by atoms with E-state index in [4.69, 9.17) is 4.42 Å². The lowest BCUT2D eigenvalue weighted by atomic mass is 10.1. The van der Waals surface area contributed by atoms with E-state index in [9.17, 15) is 9.59 Å². The van der Waals surface area contributed by atoms with E-state index in [0.29, 0.717) is 29.0 Å². The second kappa shape index (κ2) is 3.33. The van der Waals surface area contributed by atoms with Crippen molar-refractivity contribution in [3.63, 3.8) is 0 Å². The fraction of sp³-hybridized carbons (Fsp3) is 0.333. The molecule has 0 radical (unpaired) electrons. The molecule has 1 fully saturated rings. The topological polar surface area (TPSA) is 63.1 Å². The van der Waals surface area contributed by atoms with Crippen LogP contribution in [-0.4, -0.2) is 10.8 Å². The van der Waals surface area contributed by atoms with Gasteiger partial charge in [-0.1, -0.05) is 0 Å². The molecule has 1 aliphatic carbocycles. The first-order valence-electron chi connectivity index (χ1n) is 5.38. The molecule has 4 heteroatoms. The fourth-order valence-electron chi connectivity index (χ4n) is 1.82. The maximum atomic E-state index is 11.8. The lowest BCUT2D eigenvalue weighted by Crippen LogP contribution is -1.99. The molecule has 3 rings (SSSR count). The molecule has 0 spiro atoms. The Morgan fingerprint density at radius 1 is 1.44 bits per heavy atom. The Hall–Kier alpha value is -1.84.